The van der Waals surface area contributed by atoms with Crippen LogP contribution >= 0.6 is 11.8 Å². The third kappa shape index (κ3) is 5.24. The van der Waals surface area contributed by atoms with Gasteiger partial charge in [0.2, 0.25) is 5.91 Å². The van der Waals surface area contributed by atoms with Gasteiger partial charge in [0.05, 0.1) is 6.42 Å². The predicted octanol–water partition coefficient (Wildman–Crippen LogP) is 2.25. The number of rotatable bonds is 7. The largest absolute Gasteiger partial charge is 0.294 e. The van der Waals surface area contributed by atoms with E-state index in [0.717, 1.165) is 11.3 Å². The van der Waals surface area contributed by atoms with Gasteiger partial charge >= 0.3 is 0 Å². The first-order valence-electron chi connectivity index (χ1n) is 5.92. The first kappa shape index (κ1) is 14.1. The normalized spacial score (nSPS) is 10.2. The van der Waals surface area contributed by atoms with Crippen molar-refractivity contribution in [3.05, 3.63) is 35.4 Å². The molecule has 4 heteroatoms. The summed E-state index contributed by atoms with van der Waals surface area (Å²) in [6.45, 7) is 2.19. The number of amides is 1. The maximum atomic E-state index is 11.3. The lowest BCUT2D eigenvalue weighted by molar-refractivity contribution is -0.120. The van der Waals surface area contributed by atoms with Crippen molar-refractivity contribution in [3.63, 3.8) is 0 Å². The van der Waals surface area contributed by atoms with E-state index in [9.17, 15) is 4.79 Å². The summed E-state index contributed by atoms with van der Waals surface area (Å²) in [6, 6.07) is 8.04. The molecule has 17 heavy (non-hydrogen) atoms. The molecule has 1 aromatic carbocycles. The summed E-state index contributed by atoms with van der Waals surface area (Å²) in [6.07, 6.45) is 2.83. The second kappa shape index (κ2) is 8.14. The third-order valence-corrected chi connectivity index (χ3v) is 3.62. The number of carbonyl (C=O) groups is 1. The number of benzene rings is 1. The molecule has 1 rings (SSSR count). The molecule has 0 saturated heterocycles. The van der Waals surface area contributed by atoms with Crippen molar-refractivity contribution in [3.8, 4) is 0 Å². The fourth-order valence-corrected chi connectivity index (χ4v) is 2.66. The van der Waals surface area contributed by atoms with Gasteiger partial charge < -0.3 is 0 Å². The van der Waals surface area contributed by atoms with Crippen LogP contribution in [0, 0.1) is 0 Å². The molecule has 0 aromatic heterocycles. The summed E-state index contributed by atoms with van der Waals surface area (Å²) in [5, 5.41) is 0. The SMILES string of the molecule is CCCCSCc1ccccc1CC(=O)NN. The van der Waals surface area contributed by atoms with Gasteiger partial charge in [-0.05, 0) is 23.3 Å². The van der Waals surface area contributed by atoms with Crippen LogP contribution in [0.2, 0.25) is 0 Å². The van der Waals surface area contributed by atoms with Crippen LogP contribution in [0.1, 0.15) is 30.9 Å². The Balaban J connectivity index is 2.54. The van der Waals surface area contributed by atoms with Crippen LogP contribution in [0.4, 0.5) is 0 Å². The van der Waals surface area contributed by atoms with Crippen LogP contribution in [0.5, 0.6) is 0 Å². The van der Waals surface area contributed by atoms with Gasteiger partial charge in [0.25, 0.3) is 0 Å². The molecule has 0 atom stereocenters. The lowest BCUT2D eigenvalue weighted by Crippen LogP contribution is -2.31. The van der Waals surface area contributed by atoms with Crippen LogP contribution in [-0.4, -0.2) is 11.7 Å². The molecule has 0 heterocycles. The van der Waals surface area contributed by atoms with Crippen LogP contribution < -0.4 is 11.3 Å². The van der Waals surface area contributed by atoms with Gasteiger partial charge in [-0.15, -0.1) is 0 Å². The molecule has 0 radical (unpaired) electrons. The van der Waals surface area contributed by atoms with Crippen molar-refractivity contribution in [2.75, 3.05) is 5.75 Å². The number of hydrogen-bond acceptors (Lipinski definition) is 3. The number of carbonyl (C=O) groups excluding carboxylic acids is 1. The lowest BCUT2D eigenvalue weighted by Gasteiger charge is -2.08. The van der Waals surface area contributed by atoms with E-state index in [4.69, 9.17) is 5.84 Å². The molecule has 94 valence electrons. The molecule has 0 bridgehead atoms. The quantitative estimate of drug-likeness (QED) is 0.339. The average Bonchev–Trinajstić information content (AvgIpc) is 2.36. The maximum absolute atomic E-state index is 11.3. The average molecular weight is 252 g/mol. The number of thioether (sulfide) groups is 1. The fraction of sp³-hybridized carbons (Fsp3) is 0.462. The summed E-state index contributed by atoms with van der Waals surface area (Å²) >= 11 is 1.92. The van der Waals surface area contributed by atoms with E-state index in [1.165, 1.54) is 24.2 Å². The fourth-order valence-electron chi connectivity index (χ4n) is 1.52. The van der Waals surface area contributed by atoms with Gasteiger partial charge in [0, 0.05) is 5.75 Å². The van der Waals surface area contributed by atoms with Gasteiger partial charge in [-0.2, -0.15) is 11.8 Å². The van der Waals surface area contributed by atoms with E-state index in [0.29, 0.717) is 6.42 Å². The Morgan fingerprint density at radius 3 is 2.71 bits per heavy atom. The minimum atomic E-state index is -0.143. The molecule has 0 aliphatic heterocycles. The Kier molecular flexibility index (Phi) is 6.74. The molecule has 0 saturated carbocycles. The molecular weight excluding hydrogens is 232 g/mol. The summed E-state index contributed by atoms with van der Waals surface area (Å²) < 4.78 is 0. The van der Waals surface area contributed by atoms with Crippen molar-refractivity contribution in [2.45, 2.75) is 31.9 Å². The molecule has 0 unspecified atom stereocenters. The summed E-state index contributed by atoms with van der Waals surface area (Å²) in [5.41, 5.74) is 4.47. The summed E-state index contributed by atoms with van der Waals surface area (Å²) in [5.74, 6) is 7.10. The van der Waals surface area contributed by atoms with E-state index >= 15 is 0 Å². The minimum absolute atomic E-state index is 0.143. The molecule has 0 aliphatic rings. The van der Waals surface area contributed by atoms with Crippen molar-refractivity contribution >= 4 is 17.7 Å². The molecule has 1 aromatic rings. The maximum Gasteiger partial charge on any atom is 0.238 e. The molecular formula is C13H20N2OS. The van der Waals surface area contributed by atoms with Crippen LogP contribution in [0.25, 0.3) is 0 Å². The molecule has 0 spiro atoms. The number of nitrogens with two attached hydrogens (primary N) is 1. The topological polar surface area (TPSA) is 55.1 Å². The van der Waals surface area contributed by atoms with Crippen molar-refractivity contribution in [2.24, 2.45) is 5.84 Å². The smallest absolute Gasteiger partial charge is 0.238 e. The highest BCUT2D eigenvalue weighted by atomic mass is 32.2. The van der Waals surface area contributed by atoms with E-state index in [1.54, 1.807) is 0 Å². The Morgan fingerprint density at radius 2 is 2.06 bits per heavy atom. The van der Waals surface area contributed by atoms with Gasteiger partial charge in [-0.1, -0.05) is 37.6 Å². The van der Waals surface area contributed by atoms with Crippen molar-refractivity contribution in [1.29, 1.82) is 0 Å². The highest BCUT2D eigenvalue weighted by Crippen LogP contribution is 2.18. The highest BCUT2D eigenvalue weighted by molar-refractivity contribution is 7.98. The zero-order chi connectivity index (χ0) is 12.5. The first-order valence-corrected chi connectivity index (χ1v) is 7.07. The van der Waals surface area contributed by atoms with Gasteiger partial charge in [-0.3, -0.25) is 10.2 Å². The molecule has 3 nitrogen and oxygen atoms in total. The lowest BCUT2D eigenvalue weighted by atomic mass is 10.1. The van der Waals surface area contributed by atoms with Crippen LogP contribution in [-0.2, 0) is 17.0 Å². The Hall–Kier alpha value is -1.00. The third-order valence-electron chi connectivity index (χ3n) is 2.53. The van der Waals surface area contributed by atoms with E-state index in [-0.39, 0.29) is 5.91 Å². The minimum Gasteiger partial charge on any atom is -0.294 e. The summed E-state index contributed by atoms with van der Waals surface area (Å²) in [4.78, 5) is 11.3. The monoisotopic (exact) mass is 252 g/mol. The Morgan fingerprint density at radius 1 is 1.35 bits per heavy atom. The predicted molar refractivity (Wildman–Crippen MR) is 73.5 cm³/mol. The second-order valence-corrected chi connectivity index (χ2v) is 5.02. The molecule has 1 amide bonds. The van der Waals surface area contributed by atoms with Crippen molar-refractivity contribution in [1.82, 2.24) is 5.43 Å². The number of nitrogens with one attached hydrogen (secondary N) is 1. The van der Waals surface area contributed by atoms with E-state index in [2.05, 4.69) is 18.4 Å². The van der Waals surface area contributed by atoms with E-state index < -0.39 is 0 Å². The highest BCUT2D eigenvalue weighted by Gasteiger charge is 2.06. The van der Waals surface area contributed by atoms with Crippen LogP contribution in [0.3, 0.4) is 0 Å². The standard InChI is InChI=1S/C13H20N2OS/c1-2-3-8-17-10-12-7-5-4-6-11(12)9-13(16)15-14/h4-7H,2-3,8-10,14H2,1H3,(H,15,16). The molecule has 0 aliphatic carbocycles. The van der Waals surface area contributed by atoms with Crippen LogP contribution in [0.15, 0.2) is 24.3 Å². The Labute approximate surface area is 107 Å². The summed E-state index contributed by atoms with van der Waals surface area (Å²) in [7, 11) is 0. The zero-order valence-corrected chi connectivity index (χ0v) is 11.1. The molecule has 3 N–H and O–H groups in total. The van der Waals surface area contributed by atoms with Gasteiger partial charge in [0.15, 0.2) is 0 Å². The zero-order valence-electron chi connectivity index (χ0n) is 10.2. The Bertz CT molecular complexity index is 355. The first-order chi connectivity index (χ1) is 8.27. The molecule has 0 fully saturated rings. The van der Waals surface area contributed by atoms with Gasteiger partial charge in [0.1, 0.15) is 0 Å². The number of unbranched alkanes of at least 4 members (excludes halogenated alkanes) is 1. The number of hydrazine groups is 1. The van der Waals surface area contributed by atoms with E-state index in [1.807, 2.05) is 30.0 Å². The second-order valence-electron chi connectivity index (χ2n) is 3.92. The van der Waals surface area contributed by atoms with Gasteiger partial charge in [-0.25, -0.2) is 5.84 Å². The number of hydrogen-bond donors (Lipinski definition) is 2. The van der Waals surface area contributed by atoms with Crippen molar-refractivity contribution < 1.29 is 4.79 Å².